The standard InChI is InChI=1S/C9H11N5O/c10-14-12-7-6-11-9(15)13-8-4-2-1-3-5-8/h1-5H,6-7H2,(H2,11,13,15). The van der Waals surface area contributed by atoms with E-state index in [0.29, 0.717) is 6.54 Å². The lowest BCUT2D eigenvalue weighted by molar-refractivity contribution is 0.252. The molecule has 0 unspecified atom stereocenters. The second-order valence-corrected chi connectivity index (χ2v) is 2.70. The second kappa shape index (κ2) is 6.28. The Morgan fingerprint density at radius 1 is 1.40 bits per heavy atom. The molecule has 0 aliphatic heterocycles. The molecule has 6 heteroatoms. The third-order valence-corrected chi connectivity index (χ3v) is 1.59. The molecule has 2 N–H and O–H groups in total. The summed E-state index contributed by atoms with van der Waals surface area (Å²) in [5.74, 6) is 0. The van der Waals surface area contributed by atoms with Crippen LogP contribution in [0.3, 0.4) is 0 Å². The first-order valence-electron chi connectivity index (χ1n) is 4.43. The third-order valence-electron chi connectivity index (χ3n) is 1.59. The number of amides is 2. The molecule has 1 aromatic carbocycles. The van der Waals surface area contributed by atoms with Gasteiger partial charge in [0.15, 0.2) is 0 Å². The number of nitrogens with one attached hydrogen (secondary N) is 2. The Labute approximate surface area is 86.9 Å². The van der Waals surface area contributed by atoms with Gasteiger partial charge in [-0.3, -0.25) is 0 Å². The van der Waals surface area contributed by atoms with E-state index in [1.54, 1.807) is 12.1 Å². The number of rotatable bonds is 4. The first-order chi connectivity index (χ1) is 7.33. The molecule has 15 heavy (non-hydrogen) atoms. The summed E-state index contributed by atoms with van der Waals surface area (Å²) >= 11 is 0. The summed E-state index contributed by atoms with van der Waals surface area (Å²) in [5.41, 5.74) is 8.72. The molecule has 0 heterocycles. The molecular weight excluding hydrogens is 194 g/mol. The zero-order valence-corrected chi connectivity index (χ0v) is 8.05. The average Bonchev–Trinajstić information content (AvgIpc) is 2.26. The van der Waals surface area contributed by atoms with Gasteiger partial charge in [0.2, 0.25) is 0 Å². The van der Waals surface area contributed by atoms with Gasteiger partial charge in [0.25, 0.3) is 0 Å². The number of azide groups is 1. The molecule has 0 aliphatic carbocycles. The number of carbonyl (C=O) groups is 1. The van der Waals surface area contributed by atoms with E-state index in [1.165, 1.54) is 0 Å². The van der Waals surface area contributed by atoms with Gasteiger partial charge in [-0.1, -0.05) is 23.3 Å². The fraction of sp³-hybridized carbons (Fsp3) is 0.222. The van der Waals surface area contributed by atoms with Crippen molar-refractivity contribution in [1.29, 1.82) is 0 Å². The highest BCUT2D eigenvalue weighted by Gasteiger charge is 1.98. The van der Waals surface area contributed by atoms with Crippen LogP contribution < -0.4 is 10.6 Å². The number of hydrogen-bond acceptors (Lipinski definition) is 2. The highest BCUT2D eigenvalue weighted by atomic mass is 16.2. The van der Waals surface area contributed by atoms with Crippen LogP contribution in [0.15, 0.2) is 35.4 Å². The van der Waals surface area contributed by atoms with Gasteiger partial charge in [0, 0.05) is 23.7 Å². The van der Waals surface area contributed by atoms with Gasteiger partial charge in [0.05, 0.1) is 0 Å². The fourth-order valence-corrected chi connectivity index (χ4v) is 0.961. The van der Waals surface area contributed by atoms with Gasteiger partial charge in [-0.15, -0.1) is 0 Å². The lowest BCUT2D eigenvalue weighted by Gasteiger charge is -2.05. The summed E-state index contributed by atoms with van der Waals surface area (Å²) in [6.45, 7) is 0.571. The first-order valence-corrected chi connectivity index (χ1v) is 4.43. The Hall–Kier alpha value is -2.20. The number of hydrogen-bond donors (Lipinski definition) is 2. The normalized spacial score (nSPS) is 8.80. The highest BCUT2D eigenvalue weighted by molar-refractivity contribution is 5.89. The quantitative estimate of drug-likeness (QED) is 0.335. The van der Waals surface area contributed by atoms with Crippen molar-refractivity contribution < 1.29 is 4.79 Å². The summed E-state index contributed by atoms with van der Waals surface area (Å²) in [7, 11) is 0. The van der Waals surface area contributed by atoms with Crippen molar-refractivity contribution in [2.45, 2.75) is 0 Å². The van der Waals surface area contributed by atoms with Crippen molar-refractivity contribution >= 4 is 11.7 Å². The Bertz CT molecular complexity index is 358. The van der Waals surface area contributed by atoms with E-state index < -0.39 is 0 Å². The van der Waals surface area contributed by atoms with Crippen LogP contribution in [0, 0.1) is 0 Å². The zero-order chi connectivity index (χ0) is 10.9. The van der Waals surface area contributed by atoms with Gasteiger partial charge in [-0.2, -0.15) is 0 Å². The molecule has 2 amide bonds. The van der Waals surface area contributed by atoms with Gasteiger partial charge in [-0.05, 0) is 17.7 Å². The van der Waals surface area contributed by atoms with Crippen LogP contribution in [0.5, 0.6) is 0 Å². The molecule has 0 atom stereocenters. The Morgan fingerprint density at radius 2 is 2.13 bits per heavy atom. The minimum atomic E-state index is -0.311. The van der Waals surface area contributed by atoms with Crippen LogP contribution in [0.25, 0.3) is 10.4 Å². The van der Waals surface area contributed by atoms with Crippen molar-refractivity contribution in [3.8, 4) is 0 Å². The van der Waals surface area contributed by atoms with Crippen LogP contribution in [0.2, 0.25) is 0 Å². The molecule has 0 saturated carbocycles. The maximum absolute atomic E-state index is 11.2. The van der Waals surface area contributed by atoms with Gasteiger partial charge < -0.3 is 10.6 Å². The molecular formula is C9H11N5O. The predicted molar refractivity (Wildman–Crippen MR) is 57.5 cm³/mol. The molecule has 0 spiro atoms. The maximum Gasteiger partial charge on any atom is 0.319 e. The summed E-state index contributed by atoms with van der Waals surface area (Å²) in [6.07, 6.45) is 0. The lowest BCUT2D eigenvalue weighted by atomic mass is 10.3. The minimum absolute atomic E-state index is 0.249. The van der Waals surface area contributed by atoms with Crippen LogP contribution in [0.1, 0.15) is 0 Å². The second-order valence-electron chi connectivity index (χ2n) is 2.70. The van der Waals surface area contributed by atoms with Gasteiger partial charge in [-0.25, -0.2) is 4.79 Å². The first kappa shape index (κ1) is 10.9. The summed E-state index contributed by atoms with van der Waals surface area (Å²) < 4.78 is 0. The van der Waals surface area contributed by atoms with Crippen molar-refractivity contribution in [3.05, 3.63) is 40.8 Å². The topological polar surface area (TPSA) is 89.9 Å². The van der Waals surface area contributed by atoms with Gasteiger partial charge >= 0.3 is 6.03 Å². The molecule has 78 valence electrons. The summed E-state index contributed by atoms with van der Waals surface area (Å²) in [5, 5.41) is 8.47. The number of urea groups is 1. The van der Waals surface area contributed by atoms with E-state index >= 15 is 0 Å². The van der Waals surface area contributed by atoms with Crippen LogP contribution in [-0.2, 0) is 0 Å². The number of para-hydroxylation sites is 1. The van der Waals surface area contributed by atoms with Crippen molar-refractivity contribution in [2.24, 2.45) is 5.11 Å². The van der Waals surface area contributed by atoms with Gasteiger partial charge in [0.1, 0.15) is 0 Å². The molecule has 6 nitrogen and oxygen atoms in total. The van der Waals surface area contributed by atoms with Crippen molar-refractivity contribution in [2.75, 3.05) is 18.4 Å². The molecule has 1 aromatic rings. The third kappa shape index (κ3) is 4.54. The van der Waals surface area contributed by atoms with E-state index in [4.69, 9.17) is 5.53 Å². The molecule has 1 rings (SSSR count). The number of carbonyl (C=O) groups excluding carboxylic acids is 1. The number of benzene rings is 1. The molecule has 0 saturated heterocycles. The number of anilines is 1. The fourth-order valence-electron chi connectivity index (χ4n) is 0.961. The molecule has 0 aliphatic rings. The highest BCUT2D eigenvalue weighted by Crippen LogP contribution is 2.03. The summed E-state index contributed by atoms with van der Waals surface area (Å²) in [6, 6.07) is 8.78. The van der Waals surface area contributed by atoms with E-state index in [2.05, 4.69) is 20.7 Å². The van der Waals surface area contributed by atoms with Crippen molar-refractivity contribution in [1.82, 2.24) is 5.32 Å². The SMILES string of the molecule is [N-]=[N+]=NCCNC(=O)Nc1ccccc1. The molecule has 0 radical (unpaired) electrons. The largest absolute Gasteiger partial charge is 0.338 e. The smallest absolute Gasteiger partial charge is 0.319 e. The maximum atomic E-state index is 11.2. The monoisotopic (exact) mass is 205 g/mol. The lowest BCUT2D eigenvalue weighted by Crippen LogP contribution is -2.30. The Morgan fingerprint density at radius 3 is 2.80 bits per heavy atom. The Balaban J connectivity index is 2.27. The van der Waals surface area contributed by atoms with Crippen LogP contribution in [-0.4, -0.2) is 19.1 Å². The zero-order valence-electron chi connectivity index (χ0n) is 8.05. The van der Waals surface area contributed by atoms with Crippen LogP contribution >= 0.6 is 0 Å². The molecule has 0 aromatic heterocycles. The molecule has 0 fully saturated rings. The van der Waals surface area contributed by atoms with E-state index in [1.807, 2.05) is 18.2 Å². The molecule has 0 bridgehead atoms. The minimum Gasteiger partial charge on any atom is -0.338 e. The predicted octanol–water partition coefficient (Wildman–Crippen LogP) is 2.12. The van der Waals surface area contributed by atoms with Crippen LogP contribution in [0.4, 0.5) is 10.5 Å². The Kier molecular flexibility index (Phi) is 4.56. The van der Waals surface area contributed by atoms with E-state index in [0.717, 1.165) is 5.69 Å². The van der Waals surface area contributed by atoms with E-state index in [9.17, 15) is 4.79 Å². The number of nitrogens with zero attached hydrogens (tertiary/aromatic N) is 3. The summed E-state index contributed by atoms with van der Waals surface area (Å²) in [4.78, 5) is 13.8. The van der Waals surface area contributed by atoms with E-state index in [-0.39, 0.29) is 12.6 Å². The van der Waals surface area contributed by atoms with Crippen molar-refractivity contribution in [3.63, 3.8) is 0 Å². The average molecular weight is 205 g/mol.